The number of aryl methyl sites for hydroxylation is 3. The number of hydrogen-bond donors (Lipinski definition) is 0. The summed E-state index contributed by atoms with van der Waals surface area (Å²) in [4.78, 5) is 0. The summed E-state index contributed by atoms with van der Waals surface area (Å²) in [5, 5.41) is 0.205. The van der Waals surface area contributed by atoms with Crippen molar-refractivity contribution in [2.45, 2.75) is 125 Å². The first-order valence-electron chi connectivity index (χ1n) is 16.2. The van der Waals surface area contributed by atoms with E-state index in [9.17, 15) is 0 Å². The van der Waals surface area contributed by atoms with Gasteiger partial charge in [0.2, 0.25) is 0 Å². The predicted octanol–water partition coefficient (Wildman–Crippen LogP) is 11.7. The Labute approximate surface area is 264 Å². The van der Waals surface area contributed by atoms with E-state index in [0.717, 1.165) is 42.8 Å². The molecular formula is C39H58O3Si. The lowest BCUT2D eigenvalue weighted by molar-refractivity contribution is 0.0657. The lowest BCUT2D eigenvalue weighted by Gasteiger charge is -2.43. The molecule has 1 unspecified atom stereocenters. The second-order valence-corrected chi connectivity index (χ2v) is 19.7. The number of furan rings is 1. The van der Waals surface area contributed by atoms with E-state index < -0.39 is 8.32 Å². The zero-order valence-electron chi connectivity index (χ0n) is 29.4. The topological polar surface area (TPSA) is 31.6 Å². The number of methoxy groups -OCH3 is 1. The molecule has 0 aliphatic heterocycles. The van der Waals surface area contributed by atoms with Crippen LogP contribution in [-0.4, -0.2) is 21.5 Å². The highest BCUT2D eigenvalue weighted by atomic mass is 28.4. The molecule has 2 aromatic carbocycles. The summed E-state index contributed by atoms with van der Waals surface area (Å²) in [5.41, 5.74) is 8.00. The minimum Gasteiger partial charge on any atom is -0.504 e. The Balaban J connectivity index is 1.88. The van der Waals surface area contributed by atoms with Gasteiger partial charge in [-0.05, 0) is 103 Å². The van der Waals surface area contributed by atoms with Gasteiger partial charge in [-0.25, -0.2) is 0 Å². The van der Waals surface area contributed by atoms with E-state index in [4.69, 9.17) is 13.6 Å². The Morgan fingerprint density at radius 1 is 0.837 bits per heavy atom. The first-order valence-corrected chi connectivity index (χ1v) is 19.1. The Hall–Kier alpha value is -2.56. The summed E-state index contributed by atoms with van der Waals surface area (Å²) in [7, 11) is -0.220. The van der Waals surface area contributed by atoms with E-state index in [1.807, 2.05) is 18.2 Å². The Morgan fingerprint density at radius 2 is 1.44 bits per heavy atom. The van der Waals surface area contributed by atoms with Gasteiger partial charge >= 0.3 is 0 Å². The van der Waals surface area contributed by atoms with Crippen molar-refractivity contribution >= 4 is 14.4 Å². The van der Waals surface area contributed by atoms with Crippen LogP contribution in [0, 0.1) is 19.3 Å². The molecule has 1 aromatic heterocycles. The van der Waals surface area contributed by atoms with E-state index in [-0.39, 0.29) is 22.0 Å². The van der Waals surface area contributed by atoms with Crippen LogP contribution < -0.4 is 0 Å². The molecule has 43 heavy (non-hydrogen) atoms. The number of ether oxygens (including phenoxy) is 1. The molecule has 0 saturated carbocycles. The maximum absolute atomic E-state index is 6.99. The molecule has 3 nitrogen and oxygen atoms in total. The highest BCUT2D eigenvalue weighted by molar-refractivity contribution is 6.74. The average Bonchev–Trinajstić information content (AvgIpc) is 3.39. The van der Waals surface area contributed by atoms with E-state index in [1.165, 1.54) is 27.8 Å². The fourth-order valence-electron chi connectivity index (χ4n) is 5.96. The van der Waals surface area contributed by atoms with Gasteiger partial charge in [0.1, 0.15) is 11.5 Å². The van der Waals surface area contributed by atoms with Gasteiger partial charge < -0.3 is 13.6 Å². The molecule has 236 valence electrons. The smallest absolute Gasteiger partial charge is 0.192 e. The van der Waals surface area contributed by atoms with E-state index in [0.29, 0.717) is 0 Å². The lowest BCUT2D eigenvalue weighted by Crippen LogP contribution is -2.47. The second-order valence-electron chi connectivity index (χ2n) is 15.0. The molecule has 3 rings (SSSR count). The SMILES string of the molecule is CCC(CC)(c1ccc(CCC(O[Si](C)(C)C(C)(C)C)C(C)(C)C)c(C)c1)c1ccc(-c2ccc(C=COC)o2)c(C)c1. The zero-order chi connectivity index (χ0) is 32.2. The molecule has 0 N–H and O–H groups in total. The third-order valence-corrected chi connectivity index (χ3v) is 14.5. The molecule has 4 heteroatoms. The van der Waals surface area contributed by atoms with E-state index >= 15 is 0 Å². The highest BCUT2D eigenvalue weighted by Gasteiger charge is 2.41. The van der Waals surface area contributed by atoms with Crippen LogP contribution in [0.3, 0.4) is 0 Å². The fraction of sp³-hybridized carbons (Fsp3) is 0.538. The summed E-state index contributed by atoms with van der Waals surface area (Å²) in [5.74, 6) is 1.66. The normalized spacial score (nSPS) is 14.0. The van der Waals surface area contributed by atoms with Gasteiger partial charge in [0.15, 0.2) is 8.32 Å². The van der Waals surface area contributed by atoms with E-state index in [2.05, 4.69) is 119 Å². The Bertz CT molecular complexity index is 1380. The van der Waals surface area contributed by atoms with Crippen molar-refractivity contribution in [2.24, 2.45) is 5.41 Å². The van der Waals surface area contributed by atoms with Crippen molar-refractivity contribution in [1.29, 1.82) is 0 Å². The third kappa shape index (κ3) is 7.94. The van der Waals surface area contributed by atoms with Crippen LogP contribution in [0.4, 0.5) is 0 Å². The minimum absolute atomic E-state index is 0.0402. The molecule has 0 spiro atoms. The minimum atomic E-state index is -1.86. The van der Waals surface area contributed by atoms with Crippen LogP contribution in [0.15, 0.2) is 59.2 Å². The largest absolute Gasteiger partial charge is 0.504 e. The number of hydrogen-bond acceptors (Lipinski definition) is 3. The third-order valence-electron chi connectivity index (χ3n) is 10.0. The van der Waals surface area contributed by atoms with Gasteiger partial charge in [0.05, 0.1) is 19.5 Å². The number of benzene rings is 2. The summed E-state index contributed by atoms with van der Waals surface area (Å²) in [6, 6.07) is 18.1. The van der Waals surface area contributed by atoms with Gasteiger partial charge in [-0.1, -0.05) is 91.8 Å². The summed E-state index contributed by atoms with van der Waals surface area (Å²) in [6.07, 6.45) is 7.87. The lowest BCUT2D eigenvalue weighted by atomic mass is 9.69. The molecule has 0 saturated heterocycles. The molecule has 0 amide bonds. The molecular weight excluding hydrogens is 545 g/mol. The summed E-state index contributed by atoms with van der Waals surface area (Å²) < 4.78 is 18.1. The maximum atomic E-state index is 6.99. The van der Waals surface area contributed by atoms with Crippen LogP contribution >= 0.6 is 0 Å². The molecule has 3 aromatic rings. The summed E-state index contributed by atoms with van der Waals surface area (Å²) in [6.45, 7) is 27.9. The summed E-state index contributed by atoms with van der Waals surface area (Å²) >= 11 is 0. The van der Waals surface area contributed by atoms with Crippen LogP contribution in [0.5, 0.6) is 0 Å². The van der Waals surface area contributed by atoms with Gasteiger partial charge in [-0.3, -0.25) is 0 Å². The fourth-order valence-corrected chi connectivity index (χ4v) is 7.49. The van der Waals surface area contributed by atoms with Gasteiger partial charge in [-0.2, -0.15) is 0 Å². The first-order chi connectivity index (χ1) is 20.0. The Morgan fingerprint density at radius 3 is 1.95 bits per heavy atom. The van der Waals surface area contributed by atoms with Gasteiger partial charge in [-0.15, -0.1) is 0 Å². The van der Waals surface area contributed by atoms with Crippen molar-refractivity contribution in [3.05, 3.63) is 88.4 Å². The van der Waals surface area contributed by atoms with Crippen LogP contribution in [-0.2, 0) is 21.0 Å². The van der Waals surface area contributed by atoms with Crippen molar-refractivity contribution in [3.8, 4) is 11.3 Å². The zero-order valence-corrected chi connectivity index (χ0v) is 30.4. The molecule has 1 atom stereocenters. The molecule has 1 heterocycles. The molecule has 0 aliphatic carbocycles. The molecule has 0 fully saturated rings. The van der Waals surface area contributed by atoms with Crippen LogP contribution in [0.25, 0.3) is 17.4 Å². The predicted molar refractivity (Wildman–Crippen MR) is 187 cm³/mol. The van der Waals surface area contributed by atoms with Crippen molar-refractivity contribution < 1.29 is 13.6 Å². The number of rotatable bonds is 12. The second kappa shape index (κ2) is 13.6. The van der Waals surface area contributed by atoms with Gasteiger partial charge in [0.25, 0.3) is 0 Å². The average molecular weight is 603 g/mol. The van der Waals surface area contributed by atoms with Gasteiger partial charge in [0, 0.05) is 17.1 Å². The standard InChI is InChI=1S/C39H58O3Si/c1-14-39(15-2,32-19-21-34(29(4)27-32)35-22-20-33(41-35)24-25-40-11)31-18-16-30(28(3)26-31)17-23-36(37(5,6)7)42-43(12,13)38(8,9)10/h16,18-22,24-27,36H,14-15,17,23H2,1-13H3. The quantitative estimate of drug-likeness (QED) is 0.153. The monoisotopic (exact) mass is 602 g/mol. The molecule has 0 bridgehead atoms. The van der Waals surface area contributed by atoms with Crippen molar-refractivity contribution in [2.75, 3.05) is 7.11 Å². The van der Waals surface area contributed by atoms with Crippen LogP contribution in [0.1, 0.15) is 108 Å². The molecule has 0 aliphatic rings. The van der Waals surface area contributed by atoms with Crippen molar-refractivity contribution in [3.63, 3.8) is 0 Å². The van der Waals surface area contributed by atoms with E-state index in [1.54, 1.807) is 13.4 Å². The van der Waals surface area contributed by atoms with Crippen LogP contribution in [0.2, 0.25) is 18.1 Å². The highest BCUT2D eigenvalue weighted by Crippen LogP contribution is 2.43. The Kier molecular flexibility index (Phi) is 11.1. The maximum Gasteiger partial charge on any atom is 0.192 e. The molecule has 0 radical (unpaired) electrons. The van der Waals surface area contributed by atoms with Crippen molar-refractivity contribution in [1.82, 2.24) is 0 Å². The first kappa shape index (κ1) is 34.9.